The van der Waals surface area contributed by atoms with Gasteiger partial charge in [0.1, 0.15) is 33.1 Å². The van der Waals surface area contributed by atoms with Crippen molar-refractivity contribution in [2.45, 2.75) is 27.2 Å². The van der Waals surface area contributed by atoms with Gasteiger partial charge in [0, 0.05) is 0 Å². The van der Waals surface area contributed by atoms with E-state index in [2.05, 4.69) is 51.1 Å². The molecule has 6 heteroatoms. The second-order valence-corrected chi connectivity index (χ2v) is 8.92. The molecule has 7 aromatic rings. The molecule has 3 aromatic heterocycles. The monoisotopic (exact) mass is 440 g/mol. The quantitative estimate of drug-likeness (QED) is 0.225. The minimum absolute atomic E-state index is 0.702. The fourth-order valence-electron chi connectivity index (χ4n) is 4.64. The van der Waals surface area contributed by atoms with Gasteiger partial charge in [-0.1, -0.05) is 25.1 Å². The first-order valence-electron chi connectivity index (χ1n) is 11.5. The van der Waals surface area contributed by atoms with Crippen LogP contribution in [0.5, 0.6) is 0 Å². The van der Waals surface area contributed by atoms with Crippen LogP contribution >= 0.6 is 0 Å². The lowest BCUT2D eigenvalue weighted by molar-refractivity contribution is 1.14. The molecule has 0 aliphatic heterocycles. The molecular formula is C28H20N6. The van der Waals surface area contributed by atoms with Crippen LogP contribution in [0.4, 0.5) is 0 Å². The first kappa shape index (κ1) is 19.2. The third-order valence-corrected chi connectivity index (χ3v) is 6.45. The Kier molecular flexibility index (Phi) is 3.86. The number of aryl methyl sites for hydroxylation is 3. The summed E-state index contributed by atoms with van der Waals surface area (Å²) < 4.78 is 0. The molecule has 0 bridgehead atoms. The third kappa shape index (κ3) is 2.75. The summed E-state index contributed by atoms with van der Waals surface area (Å²) in [6, 6.07) is 18.5. The Labute approximate surface area is 194 Å². The number of hydrogen-bond donors (Lipinski definition) is 0. The molecule has 4 aromatic carbocycles. The van der Waals surface area contributed by atoms with Gasteiger partial charge in [-0.2, -0.15) is 0 Å². The van der Waals surface area contributed by atoms with Gasteiger partial charge in [0.15, 0.2) is 0 Å². The summed E-state index contributed by atoms with van der Waals surface area (Å²) in [6.07, 6.45) is 0.939. The zero-order chi connectivity index (χ0) is 23.0. The largest absolute Gasteiger partial charge is 0.242 e. The second-order valence-electron chi connectivity index (χ2n) is 8.92. The summed E-state index contributed by atoms with van der Waals surface area (Å²) in [5.41, 5.74) is 12.7. The molecule has 7 rings (SSSR count). The maximum Gasteiger partial charge on any atom is 0.120 e. The van der Waals surface area contributed by atoms with E-state index in [1.807, 2.05) is 24.3 Å². The van der Waals surface area contributed by atoms with Crippen molar-refractivity contribution in [2.75, 3.05) is 0 Å². The Morgan fingerprint density at radius 2 is 0.794 bits per heavy atom. The van der Waals surface area contributed by atoms with Gasteiger partial charge in [-0.3, -0.25) is 0 Å². The summed E-state index contributed by atoms with van der Waals surface area (Å²) >= 11 is 0. The van der Waals surface area contributed by atoms with Gasteiger partial charge in [-0.15, -0.1) is 0 Å². The fourth-order valence-corrected chi connectivity index (χ4v) is 4.64. The minimum atomic E-state index is 0.702. The normalized spacial score (nSPS) is 12.1. The number of hydrogen-bond acceptors (Lipinski definition) is 6. The van der Waals surface area contributed by atoms with Crippen LogP contribution in [0.1, 0.15) is 23.6 Å². The first-order valence-corrected chi connectivity index (χ1v) is 11.5. The third-order valence-electron chi connectivity index (χ3n) is 6.45. The van der Waals surface area contributed by atoms with Crippen LogP contribution in [-0.4, -0.2) is 29.9 Å². The van der Waals surface area contributed by atoms with E-state index in [0.29, 0.717) is 33.1 Å². The Balaban J connectivity index is 1.75. The predicted octanol–water partition coefficient (Wildman–Crippen LogP) is 6.16. The molecule has 3 heterocycles. The van der Waals surface area contributed by atoms with Crippen LogP contribution in [0.25, 0.3) is 66.2 Å². The summed E-state index contributed by atoms with van der Waals surface area (Å²) in [6.45, 7) is 6.26. The van der Waals surface area contributed by atoms with Crippen molar-refractivity contribution in [2.24, 2.45) is 0 Å². The van der Waals surface area contributed by atoms with Crippen molar-refractivity contribution in [3.63, 3.8) is 0 Å². The topological polar surface area (TPSA) is 77.3 Å². The molecule has 6 nitrogen and oxygen atoms in total. The van der Waals surface area contributed by atoms with Gasteiger partial charge in [0.2, 0.25) is 0 Å². The molecule has 0 N–H and O–H groups in total. The van der Waals surface area contributed by atoms with Gasteiger partial charge in [-0.25, -0.2) is 29.9 Å². The number of fused-ring (bicyclic) bond motifs is 9. The molecule has 0 aliphatic rings. The van der Waals surface area contributed by atoms with E-state index in [1.54, 1.807) is 0 Å². The van der Waals surface area contributed by atoms with Crippen LogP contribution in [-0.2, 0) is 6.42 Å². The van der Waals surface area contributed by atoms with E-state index >= 15 is 0 Å². The molecule has 162 valence electrons. The standard InChI is InChI=1S/C28H20N6/c1-4-16-7-10-19-22(13-16)34-28-24(31-19)23-26(32-20-11-14(2)5-8-17(20)29-23)25-27(28)33-21-12-15(3)6-9-18(21)30-25/h5-13H,4H2,1-3H3. The van der Waals surface area contributed by atoms with Gasteiger partial charge in [0.25, 0.3) is 0 Å². The molecule has 0 fully saturated rings. The Morgan fingerprint density at radius 3 is 1.21 bits per heavy atom. The van der Waals surface area contributed by atoms with Crippen molar-refractivity contribution in [1.82, 2.24) is 29.9 Å². The van der Waals surface area contributed by atoms with E-state index < -0.39 is 0 Å². The smallest absolute Gasteiger partial charge is 0.120 e. The van der Waals surface area contributed by atoms with Crippen molar-refractivity contribution in [3.05, 3.63) is 71.3 Å². The Hall–Kier alpha value is -4.32. The molecule has 0 aliphatic carbocycles. The lowest BCUT2D eigenvalue weighted by atomic mass is 10.1. The summed E-state index contributed by atoms with van der Waals surface area (Å²) in [5.74, 6) is 0. The lowest BCUT2D eigenvalue weighted by Crippen LogP contribution is -1.99. The van der Waals surface area contributed by atoms with Crippen LogP contribution in [0, 0.1) is 13.8 Å². The number of nitrogens with zero attached hydrogens (tertiary/aromatic N) is 6. The summed E-state index contributed by atoms with van der Waals surface area (Å²) in [5, 5.41) is 0. The highest BCUT2D eigenvalue weighted by Gasteiger charge is 2.19. The highest BCUT2D eigenvalue weighted by Crippen LogP contribution is 2.33. The van der Waals surface area contributed by atoms with Gasteiger partial charge >= 0.3 is 0 Å². The zero-order valence-corrected chi connectivity index (χ0v) is 19.1. The van der Waals surface area contributed by atoms with E-state index in [1.165, 1.54) is 5.56 Å². The highest BCUT2D eigenvalue weighted by atomic mass is 14.9. The first-order chi connectivity index (χ1) is 16.6. The minimum Gasteiger partial charge on any atom is -0.242 e. The molecule has 0 saturated carbocycles. The van der Waals surface area contributed by atoms with Crippen molar-refractivity contribution >= 4 is 66.2 Å². The van der Waals surface area contributed by atoms with Crippen LogP contribution < -0.4 is 0 Å². The van der Waals surface area contributed by atoms with Crippen LogP contribution in [0.3, 0.4) is 0 Å². The summed E-state index contributed by atoms with van der Waals surface area (Å²) in [4.78, 5) is 30.1. The van der Waals surface area contributed by atoms with Gasteiger partial charge < -0.3 is 0 Å². The molecule has 34 heavy (non-hydrogen) atoms. The van der Waals surface area contributed by atoms with Gasteiger partial charge in [-0.05, 0) is 73.4 Å². The van der Waals surface area contributed by atoms with Crippen molar-refractivity contribution in [1.29, 1.82) is 0 Å². The Bertz CT molecular complexity index is 1980. The van der Waals surface area contributed by atoms with E-state index in [0.717, 1.165) is 50.6 Å². The number of rotatable bonds is 1. The van der Waals surface area contributed by atoms with E-state index in [9.17, 15) is 0 Å². The van der Waals surface area contributed by atoms with Gasteiger partial charge in [0.05, 0.1) is 33.1 Å². The molecule has 0 atom stereocenters. The number of benzene rings is 4. The van der Waals surface area contributed by atoms with Crippen LogP contribution in [0.2, 0.25) is 0 Å². The maximum absolute atomic E-state index is 5.06. The Morgan fingerprint density at radius 1 is 0.441 bits per heavy atom. The van der Waals surface area contributed by atoms with E-state index in [-0.39, 0.29) is 0 Å². The lowest BCUT2D eigenvalue weighted by Gasteiger charge is -2.11. The van der Waals surface area contributed by atoms with Crippen LogP contribution in [0.15, 0.2) is 54.6 Å². The SMILES string of the molecule is CCc1ccc2nc3c4nc5ccc(C)cc5nc4c4nc5ccc(C)cc5nc4c3nc2c1. The zero-order valence-electron chi connectivity index (χ0n) is 19.1. The molecule has 0 amide bonds. The van der Waals surface area contributed by atoms with Crippen molar-refractivity contribution in [3.8, 4) is 0 Å². The van der Waals surface area contributed by atoms with Crippen molar-refractivity contribution < 1.29 is 0 Å². The molecule has 0 radical (unpaired) electrons. The van der Waals surface area contributed by atoms with E-state index in [4.69, 9.17) is 29.9 Å². The average molecular weight is 441 g/mol. The molecular weight excluding hydrogens is 420 g/mol. The fraction of sp³-hybridized carbons (Fsp3) is 0.143. The highest BCUT2D eigenvalue weighted by molar-refractivity contribution is 6.20. The average Bonchev–Trinajstić information content (AvgIpc) is 2.85. The number of aromatic nitrogens is 6. The predicted molar refractivity (Wildman–Crippen MR) is 137 cm³/mol. The maximum atomic E-state index is 5.06. The summed E-state index contributed by atoms with van der Waals surface area (Å²) in [7, 11) is 0. The molecule has 0 spiro atoms. The second kappa shape index (κ2) is 6.84. The molecule has 0 saturated heterocycles. The molecule has 0 unspecified atom stereocenters.